The normalized spacial score (nSPS) is 15.7. The van der Waals surface area contributed by atoms with Crippen molar-refractivity contribution in [2.24, 2.45) is 0 Å². The maximum absolute atomic E-state index is 12.4. The second-order valence-corrected chi connectivity index (χ2v) is 17.6. The summed E-state index contributed by atoms with van der Waals surface area (Å²) in [6.07, 6.45) is 1.71. The Hall–Kier alpha value is -5.57. The van der Waals surface area contributed by atoms with E-state index in [0.717, 1.165) is 22.3 Å². The first kappa shape index (κ1) is 31.3. The van der Waals surface area contributed by atoms with Gasteiger partial charge in [0.2, 0.25) is 0 Å². The van der Waals surface area contributed by atoms with Gasteiger partial charge in [0.25, 0.3) is 0 Å². The Morgan fingerprint density at radius 3 is 2.06 bits per heavy atom. The van der Waals surface area contributed by atoms with Crippen LogP contribution >= 0.6 is 0 Å². The Morgan fingerprint density at radius 2 is 1.39 bits per heavy atom. The van der Waals surface area contributed by atoms with Crippen LogP contribution in [-0.4, -0.2) is 19.6 Å². The summed E-state index contributed by atoms with van der Waals surface area (Å²) in [7, 11) is 0. The van der Waals surface area contributed by atoms with E-state index in [1.165, 1.54) is 12.1 Å². The number of imidazole rings is 1. The van der Waals surface area contributed by atoms with Crippen LogP contribution in [0.1, 0.15) is 125 Å². The Kier molecular flexibility index (Phi) is 8.73. The fourth-order valence-corrected chi connectivity index (χ4v) is 7.88. The number of phenols is 1. The van der Waals surface area contributed by atoms with Gasteiger partial charge in [0.05, 0.1) is 22.3 Å². The number of fused-ring (bicyclic) bond motifs is 1. The third kappa shape index (κ3) is 8.73. The molecule has 318 valence electrons. The molecule has 8 rings (SSSR count). The van der Waals surface area contributed by atoms with Crippen molar-refractivity contribution >= 4 is 11.0 Å². The molecule has 0 aliphatic carbocycles. The average Bonchev–Trinajstić information content (AvgIpc) is 3.69. The number of aryl methyl sites for hydroxylation is 1. The minimum Gasteiger partial charge on any atom is -0.507 e. The number of phenolic OH excluding ortho intramolecular Hbond substituents is 1. The van der Waals surface area contributed by atoms with Gasteiger partial charge in [0.15, 0.2) is 0 Å². The molecule has 0 radical (unpaired) electrons. The van der Waals surface area contributed by atoms with Gasteiger partial charge in [-0.25, -0.2) is 4.98 Å². The van der Waals surface area contributed by atoms with Gasteiger partial charge in [-0.15, -0.1) is 29.3 Å². The van der Waals surface area contributed by atoms with Crippen molar-refractivity contribution in [1.82, 2.24) is 14.5 Å². The number of para-hydroxylation sites is 1. The predicted octanol–water partition coefficient (Wildman–Crippen LogP) is 15.4. The molecule has 0 fully saturated rings. The zero-order valence-electron chi connectivity index (χ0n) is 48.0. The molecule has 62 heavy (non-hydrogen) atoms. The smallest absolute Gasteiger partial charge is 0.148 e. The van der Waals surface area contributed by atoms with Crippen LogP contribution in [0, 0.1) is 12.9 Å². The van der Waals surface area contributed by atoms with Crippen LogP contribution in [0.2, 0.25) is 0 Å². The van der Waals surface area contributed by atoms with Gasteiger partial charge in [-0.2, -0.15) is 0 Å². The summed E-state index contributed by atoms with van der Waals surface area (Å²) in [5.41, 5.74) is 6.03. The van der Waals surface area contributed by atoms with Crippen LogP contribution in [-0.2, 0) is 31.9 Å². The number of nitrogens with zero attached hydrogens (tertiary/aromatic N) is 3. The molecule has 5 heteroatoms. The van der Waals surface area contributed by atoms with Crippen molar-refractivity contribution in [3.63, 3.8) is 0 Å². The predicted molar refractivity (Wildman–Crippen MR) is 257 cm³/mol. The molecule has 0 amide bonds. The minimum atomic E-state index is -3.50. The molecule has 1 N–H and O–H groups in total. The van der Waals surface area contributed by atoms with E-state index in [4.69, 9.17) is 26.4 Å². The molecule has 0 bridgehead atoms. The number of rotatable bonds is 8. The number of hydrogen-bond acceptors (Lipinski definition) is 3. The standard InChI is InChI=1S/C57H58N3O.Pt/c1-35(2)41-31-47(36(3)4)54(61)49(32-41)55-59-53-46(18-15-19-52(53)60(55)51-25-24-44(56(6,7)8)34-48(51)39-16-13-12-14-17-39)42-28-43(30-45(29-42)57(9,10)11)50-33-40(26-27-58-50)38-22-20-37(5)21-23-38;/h12-27,29-36,61H,1-11H3;/q-1;/i5D3,6D3,7D3,8D3;. The second kappa shape index (κ2) is 17.3. The summed E-state index contributed by atoms with van der Waals surface area (Å²) in [6, 6.07) is 41.2. The summed E-state index contributed by atoms with van der Waals surface area (Å²) < 4.78 is 103. The first-order valence-corrected chi connectivity index (χ1v) is 20.7. The number of aromatic nitrogens is 3. The SMILES string of the molecule is [2H]C([2H])([2H])c1ccc(-c2ccnc(-c3[c-]c(-c4cccc5c4nc(-c4cc(C(C)C)cc(C(C)C)c4O)n5-c4ccc(C(C([2H])([2H])[2H])(C([2H])([2H])[2H])C([2H])([2H])[2H])cc4-c4ccccc4)cc(C(C)(C)C)c3)c2)cc1.[Pt]. The fraction of sp³-hybridized carbons (Fsp3) is 0.263. The monoisotopic (exact) mass is 1010 g/mol. The number of aromatic hydroxyl groups is 1. The van der Waals surface area contributed by atoms with Gasteiger partial charge in [-0.3, -0.25) is 9.55 Å². The Bertz CT molecular complexity index is 3310. The van der Waals surface area contributed by atoms with Gasteiger partial charge < -0.3 is 5.11 Å². The summed E-state index contributed by atoms with van der Waals surface area (Å²) in [4.78, 5) is 10.2. The van der Waals surface area contributed by atoms with Crippen molar-refractivity contribution < 1.29 is 42.6 Å². The van der Waals surface area contributed by atoms with E-state index in [-0.39, 0.29) is 49.6 Å². The molecule has 0 saturated heterocycles. The molecule has 0 atom stereocenters. The maximum atomic E-state index is 12.4. The number of pyridine rings is 1. The Balaban J connectivity index is 0.00000800. The van der Waals surface area contributed by atoms with Crippen LogP contribution in [0.3, 0.4) is 0 Å². The Morgan fingerprint density at radius 1 is 0.645 bits per heavy atom. The molecule has 0 spiro atoms. The van der Waals surface area contributed by atoms with Crippen LogP contribution in [0.4, 0.5) is 0 Å². The number of hydrogen-bond donors (Lipinski definition) is 1. The van der Waals surface area contributed by atoms with Gasteiger partial charge in [-0.05, 0) is 93.2 Å². The molecular formula is C57H58N3OPt-. The molecule has 0 aliphatic heterocycles. The fourth-order valence-electron chi connectivity index (χ4n) is 7.88. The second-order valence-electron chi connectivity index (χ2n) is 17.6. The van der Waals surface area contributed by atoms with Gasteiger partial charge >= 0.3 is 0 Å². The molecule has 0 unspecified atom stereocenters. The summed E-state index contributed by atoms with van der Waals surface area (Å²) in [5, 5.41) is 12.4. The quantitative estimate of drug-likeness (QED) is 0.154. The largest absolute Gasteiger partial charge is 0.507 e. The minimum absolute atomic E-state index is 0. The van der Waals surface area contributed by atoms with E-state index >= 15 is 0 Å². The average molecular weight is 1010 g/mol. The first-order chi connectivity index (χ1) is 33.9. The zero-order valence-corrected chi connectivity index (χ0v) is 38.2. The van der Waals surface area contributed by atoms with Gasteiger partial charge in [0, 0.05) is 55.0 Å². The van der Waals surface area contributed by atoms with E-state index in [9.17, 15) is 5.11 Å². The number of benzene rings is 6. The Labute approximate surface area is 400 Å². The molecule has 0 aliphatic rings. The molecular weight excluding hydrogens is 938 g/mol. The van der Waals surface area contributed by atoms with Crippen LogP contribution < -0.4 is 0 Å². The molecule has 2 aromatic heterocycles. The summed E-state index contributed by atoms with van der Waals surface area (Å²) in [5.74, 6) is 0.302. The van der Waals surface area contributed by atoms with Crippen molar-refractivity contribution in [3.8, 4) is 67.5 Å². The van der Waals surface area contributed by atoms with Crippen LogP contribution in [0.25, 0.3) is 72.7 Å². The van der Waals surface area contributed by atoms with Crippen molar-refractivity contribution in [2.75, 3.05) is 0 Å². The van der Waals surface area contributed by atoms with Gasteiger partial charge in [-0.1, -0.05) is 171 Å². The molecule has 8 aromatic rings. The van der Waals surface area contributed by atoms with E-state index in [2.05, 4.69) is 52.8 Å². The van der Waals surface area contributed by atoms with E-state index in [0.29, 0.717) is 67.2 Å². The maximum Gasteiger partial charge on any atom is 0.148 e. The van der Waals surface area contributed by atoms with E-state index in [1.54, 1.807) is 66.9 Å². The summed E-state index contributed by atoms with van der Waals surface area (Å²) >= 11 is 0. The first-order valence-electron chi connectivity index (χ1n) is 26.7. The van der Waals surface area contributed by atoms with Gasteiger partial charge in [0.1, 0.15) is 11.6 Å². The van der Waals surface area contributed by atoms with E-state index < -0.39 is 38.4 Å². The topological polar surface area (TPSA) is 50.9 Å². The van der Waals surface area contributed by atoms with Crippen LogP contribution in [0.5, 0.6) is 5.75 Å². The van der Waals surface area contributed by atoms with Crippen molar-refractivity contribution in [3.05, 3.63) is 167 Å². The van der Waals surface area contributed by atoms with E-state index in [1.807, 2.05) is 60.9 Å². The zero-order chi connectivity index (χ0) is 53.4. The molecule has 6 aromatic carbocycles. The molecule has 4 nitrogen and oxygen atoms in total. The third-order valence-electron chi connectivity index (χ3n) is 11.4. The van der Waals surface area contributed by atoms with Crippen molar-refractivity contribution in [2.45, 2.75) is 98.5 Å². The summed E-state index contributed by atoms with van der Waals surface area (Å²) in [6.45, 7) is 1.74. The molecule has 2 heterocycles. The third-order valence-corrected chi connectivity index (χ3v) is 11.4. The van der Waals surface area contributed by atoms with Crippen molar-refractivity contribution in [1.29, 1.82) is 0 Å². The molecule has 0 saturated carbocycles. The van der Waals surface area contributed by atoms with Crippen LogP contribution in [0.15, 0.2) is 134 Å².